The Morgan fingerprint density at radius 1 is 1.27 bits per heavy atom. The van der Waals surface area contributed by atoms with E-state index in [1.54, 1.807) is 0 Å². The van der Waals surface area contributed by atoms with E-state index >= 15 is 0 Å². The number of nitrogens with one attached hydrogen (secondary N) is 1. The lowest BCUT2D eigenvalue weighted by molar-refractivity contribution is 0.592. The van der Waals surface area contributed by atoms with E-state index in [2.05, 4.69) is 5.32 Å². The van der Waals surface area contributed by atoms with Crippen molar-refractivity contribution in [1.29, 1.82) is 0 Å². The largest absolute Gasteiger partial charge is 0.347 e. The predicted molar refractivity (Wildman–Crippen MR) is 73.6 cm³/mol. The molecule has 0 aromatic heterocycles. The number of rotatable bonds is 3. The van der Waals surface area contributed by atoms with Crippen molar-refractivity contribution in [2.75, 3.05) is 18.9 Å². The summed E-state index contributed by atoms with van der Waals surface area (Å²) >= 11 is 10.3. The molecule has 0 aliphatic heterocycles. The van der Waals surface area contributed by atoms with Crippen molar-refractivity contribution >= 4 is 40.1 Å². The molecule has 80 valence electrons. The summed E-state index contributed by atoms with van der Waals surface area (Å²) in [5, 5.41) is 3.83. The normalized spacial score (nSPS) is 9.47. The number of benzene rings is 1. The number of hydrogen-bond acceptors (Lipinski definition) is 2. The third-order valence-electron chi connectivity index (χ3n) is 1.83. The molecule has 0 bridgehead atoms. The lowest BCUT2D eigenvalue weighted by Gasteiger charge is -2.20. The molecule has 15 heavy (non-hydrogen) atoms. The van der Waals surface area contributed by atoms with E-state index in [-0.39, 0.29) is 0 Å². The van der Waals surface area contributed by atoms with Gasteiger partial charge in [-0.05, 0) is 31.3 Å². The average molecular weight is 238 g/mol. The summed E-state index contributed by atoms with van der Waals surface area (Å²) < 4.78 is 0. The molecule has 0 spiro atoms. The van der Waals surface area contributed by atoms with Gasteiger partial charge in [-0.3, -0.25) is 0 Å². The second kappa shape index (κ2) is 5.78. The highest BCUT2D eigenvalue weighted by Crippen LogP contribution is 2.06. The monoisotopic (exact) mass is 238 g/mol. The third kappa shape index (κ3) is 4.36. The Bertz CT molecular complexity index is 349. The van der Waals surface area contributed by atoms with Crippen LogP contribution in [0.2, 0.25) is 0 Å². The molecule has 4 heteroatoms. The van der Waals surface area contributed by atoms with E-state index in [0.29, 0.717) is 11.7 Å². The summed E-state index contributed by atoms with van der Waals surface area (Å²) in [6.45, 7) is 2.62. The Hall–Kier alpha value is -1.00. The minimum Gasteiger partial charge on any atom is -0.347 e. The first kappa shape index (κ1) is 12.1. The smallest absolute Gasteiger partial charge is 0.173 e. The number of hydrogen-bond donors (Lipinski definition) is 1. The van der Waals surface area contributed by atoms with Gasteiger partial charge in [-0.15, -0.1) is 0 Å². The van der Waals surface area contributed by atoms with E-state index in [0.717, 1.165) is 10.6 Å². The van der Waals surface area contributed by atoms with Crippen LogP contribution < -0.4 is 5.32 Å². The van der Waals surface area contributed by atoms with Crippen molar-refractivity contribution in [1.82, 2.24) is 4.90 Å². The molecule has 0 saturated heterocycles. The number of nitrogens with zero attached hydrogens (tertiary/aromatic N) is 1. The molecule has 0 heterocycles. The fourth-order valence-electron chi connectivity index (χ4n) is 1.15. The van der Waals surface area contributed by atoms with Gasteiger partial charge in [-0.1, -0.05) is 30.4 Å². The molecule has 1 rings (SSSR count). The molecule has 0 amide bonds. The molecule has 0 aliphatic rings. The minimum atomic E-state index is 0.686. The van der Waals surface area contributed by atoms with Gasteiger partial charge in [0.25, 0.3) is 0 Å². The zero-order chi connectivity index (χ0) is 11.3. The topological polar surface area (TPSA) is 15.3 Å². The van der Waals surface area contributed by atoms with Crippen molar-refractivity contribution in [2.45, 2.75) is 6.92 Å². The summed E-state index contributed by atoms with van der Waals surface area (Å²) in [6, 6.07) is 9.86. The fourth-order valence-corrected chi connectivity index (χ4v) is 1.52. The molecule has 1 aromatic carbocycles. The van der Waals surface area contributed by atoms with Crippen LogP contribution >= 0.6 is 24.4 Å². The van der Waals surface area contributed by atoms with Crippen LogP contribution in [0.5, 0.6) is 0 Å². The van der Waals surface area contributed by atoms with Gasteiger partial charge in [0, 0.05) is 17.6 Å². The first-order valence-corrected chi connectivity index (χ1v) is 5.48. The quantitative estimate of drug-likeness (QED) is 0.814. The van der Waals surface area contributed by atoms with Gasteiger partial charge in [0.05, 0.1) is 6.54 Å². The molecule has 0 saturated carbocycles. The van der Waals surface area contributed by atoms with Crippen LogP contribution in [0.25, 0.3) is 0 Å². The number of anilines is 1. The van der Waals surface area contributed by atoms with Crippen molar-refractivity contribution in [3.8, 4) is 0 Å². The SMILES string of the molecule is CC(=S)CN(C)C(=S)Nc1ccccc1. The van der Waals surface area contributed by atoms with Gasteiger partial charge >= 0.3 is 0 Å². The molecule has 0 radical (unpaired) electrons. The summed E-state index contributed by atoms with van der Waals surface area (Å²) in [4.78, 5) is 2.85. The van der Waals surface area contributed by atoms with Gasteiger partial charge in [-0.2, -0.15) is 0 Å². The Labute approximate surface area is 101 Å². The van der Waals surface area contributed by atoms with Gasteiger partial charge in [0.15, 0.2) is 5.11 Å². The first-order chi connectivity index (χ1) is 7.09. The second-order valence-electron chi connectivity index (χ2n) is 3.35. The van der Waals surface area contributed by atoms with Gasteiger partial charge < -0.3 is 10.2 Å². The Balaban J connectivity index is 2.52. The highest BCUT2D eigenvalue weighted by atomic mass is 32.1. The van der Waals surface area contributed by atoms with E-state index in [1.165, 1.54) is 0 Å². The van der Waals surface area contributed by atoms with Crippen LogP contribution in [0.1, 0.15) is 6.92 Å². The van der Waals surface area contributed by atoms with Crippen LogP contribution in [0.3, 0.4) is 0 Å². The summed E-state index contributed by atoms with van der Waals surface area (Å²) in [6.07, 6.45) is 0. The third-order valence-corrected chi connectivity index (χ3v) is 2.37. The Kier molecular flexibility index (Phi) is 4.65. The van der Waals surface area contributed by atoms with Crippen LogP contribution in [0.15, 0.2) is 30.3 Å². The maximum atomic E-state index is 5.23. The van der Waals surface area contributed by atoms with Crippen LogP contribution in [-0.2, 0) is 0 Å². The fraction of sp³-hybridized carbons (Fsp3) is 0.273. The van der Waals surface area contributed by atoms with Crippen molar-refractivity contribution < 1.29 is 0 Å². The minimum absolute atomic E-state index is 0.686. The highest BCUT2D eigenvalue weighted by molar-refractivity contribution is 7.80. The van der Waals surface area contributed by atoms with Gasteiger partial charge in [0.1, 0.15) is 0 Å². The number of para-hydroxylation sites is 1. The van der Waals surface area contributed by atoms with Crippen LogP contribution in [0.4, 0.5) is 5.69 Å². The summed E-state index contributed by atoms with van der Waals surface area (Å²) in [5.41, 5.74) is 0.997. The van der Waals surface area contributed by atoms with Crippen LogP contribution in [-0.4, -0.2) is 28.5 Å². The average Bonchev–Trinajstić information content (AvgIpc) is 2.18. The van der Waals surface area contributed by atoms with E-state index < -0.39 is 0 Å². The second-order valence-corrected chi connectivity index (χ2v) is 4.44. The van der Waals surface area contributed by atoms with Crippen molar-refractivity contribution in [3.63, 3.8) is 0 Å². The lowest BCUT2D eigenvalue weighted by atomic mass is 10.3. The summed E-state index contributed by atoms with van der Waals surface area (Å²) in [7, 11) is 1.92. The van der Waals surface area contributed by atoms with E-state index in [1.807, 2.05) is 49.2 Å². The zero-order valence-electron chi connectivity index (χ0n) is 8.86. The highest BCUT2D eigenvalue weighted by Gasteiger charge is 2.04. The van der Waals surface area contributed by atoms with Crippen LogP contribution in [0, 0.1) is 0 Å². The zero-order valence-corrected chi connectivity index (χ0v) is 10.5. The van der Waals surface area contributed by atoms with Gasteiger partial charge in [0.2, 0.25) is 0 Å². The molecule has 0 fully saturated rings. The van der Waals surface area contributed by atoms with Crippen molar-refractivity contribution in [2.24, 2.45) is 0 Å². The van der Waals surface area contributed by atoms with Gasteiger partial charge in [-0.25, -0.2) is 0 Å². The Morgan fingerprint density at radius 3 is 2.40 bits per heavy atom. The molecule has 1 aromatic rings. The van der Waals surface area contributed by atoms with E-state index in [9.17, 15) is 0 Å². The molecule has 0 unspecified atom stereocenters. The lowest BCUT2D eigenvalue weighted by Crippen LogP contribution is -2.34. The molecular formula is C11H14N2S2. The summed E-state index contributed by atoms with van der Waals surface area (Å²) in [5.74, 6) is 0. The maximum absolute atomic E-state index is 5.23. The van der Waals surface area contributed by atoms with E-state index in [4.69, 9.17) is 24.4 Å². The first-order valence-electron chi connectivity index (χ1n) is 4.66. The Morgan fingerprint density at radius 2 is 1.87 bits per heavy atom. The molecular weight excluding hydrogens is 224 g/mol. The molecule has 0 atom stereocenters. The molecule has 0 aliphatic carbocycles. The molecule has 2 nitrogen and oxygen atoms in total. The number of thiocarbonyl (C=S) groups is 2. The standard InChI is InChI=1S/C11H14N2S2/c1-9(14)8-13(2)11(15)12-10-6-4-3-5-7-10/h3-7H,8H2,1-2H3,(H,12,15). The van der Waals surface area contributed by atoms with Crippen molar-refractivity contribution in [3.05, 3.63) is 30.3 Å². The molecule has 1 N–H and O–H groups in total. The maximum Gasteiger partial charge on any atom is 0.173 e. The predicted octanol–water partition coefficient (Wildman–Crippen LogP) is 2.71.